The summed E-state index contributed by atoms with van der Waals surface area (Å²) in [5, 5.41) is 0. The molecule has 3 atom stereocenters. The molecule has 2 aliphatic heterocycles. The molecule has 5 rings (SSSR count). The molecule has 1 saturated carbocycles. The Morgan fingerprint density at radius 1 is 1.12 bits per heavy atom. The lowest BCUT2D eigenvalue weighted by Crippen LogP contribution is -2.52. The number of rotatable bonds is 9. The molecule has 3 aliphatic rings. The Bertz CT molecular complexity index is 967. The first-order valence-corrected chi connectivity index (χ1v) is 13.9. The number of nitrogens with zero attached hydrogens (tertiary/aromatic N) is 4. The van der Waals surface area contributed by atoms with Gasteiger partial charge < -0.3 is 9.64 Å². The molecule has 2 saturated heterocycles. The molecule has 2 aromatic heterocycles. The largest absolute Gasteiger partial charge is 0.380 e. The van der Waals surface area contributed by atoms with Gasteiger partial charge in [0.25, 0.3) is 0 Å². The van der Waals surface area contributed by atoms with Crippen LogP contribution in [0.5, 0.6) is 0 Å². The van der Waals surface area contributed by atoms with E-state index in [0.717, 1.165) is 87.7 Å². The van der Waals surface area contributed by atoms with Crippen LogP contribution in [0.4, 0.5) is 0 Å². The first-order chi connectivity index (χ1) is 16.5. The van der Waals surface area contributed by atoms with Crippen LogP contribution in [-0.4, -0.2) is 58.3 Å². The van der Waals surface area contributed by atoms with Gasteiger partial charge in [-0.15, -0.1) is 11.8 Å². The van der Waals surface area contributed by atoms with Crippen LogP contribution in [0.3, 0.4) is 0 Å². The maximum absolute atomic E-state index is 13.0. The molecule has 2 aromatic rings. The van der Waals surface area contributed by atoms with Gasteiger partial charge in [0.15, 0.2) is 0 Å². The van der Waals surface area contributed by atoms with Crippen LogP contribution in [-0.2, 0) is 22.4 Å². The van der Waals surface area contributed by atoms with Crippen LogP contribution < -0.4 is 0 Å². The Labute approximate surface area is 207 Å². The monoisotopic (exact) mass is 480 g/mol. The van der Waals surface area contributed by atoms with E-state index in [1.807, 2.05) is 24.8 Å². The van der Waals surface area contributed by atoms with E-state index in [4.69, 9.17) is 9.72 Å². The van der Waals surface area contributed by atoms with E-state index in [0.29, 0.717) is 23.2 Å². The van der Waals surface area contributed by atoms with Crippen molar-refractivity contribution in [1.82, 2.24) is 19.9 Å². The highest BCUT2D eigenvalue weighted by molar-refractivity contribution is 7.98. The molecule has 0 unspecified atom stereocenters. The molecule has 1 amide bonds. The van der Waals surface area contributed by atoms with E-state index in [1.165, 1.54) is 5.56 Å². The predicted molar refractivity (Wildman–Crippen MR) is 134 cm³/mol. The number of hydrogen-bond acceptors (Lipinski definition) is 6. The molecule has 1 aliphatic carbocycles. The van der Waals surface area contributed by atoms with Crippen molar-refractivity contribution in [2.45, 2.75) is 62.7 Å². The van der Waals surface area contributed by atoms with E-state index in [2.05, 4.69) is 33.9 Å². The van der Waals surface area contributed by atoms with E-state index in [-0.39, 0.29) is 5.92 Å². The van der Waals surface area contributed by atoms with Crippen LogP contribution in [0.1, 0.15) is 62.0 Å². The van der Waals surface area contributed by atoms with Crippen molar-refractivity contribution in [2.75, 3.05) is 32.6 Å². The fraction of sp³-hybridized carbons (Fsp3) is 0.630. The second-order valence-corrected chi connectivity index (χ2v) is 11.5. The molecule has 0 aromatic carbocycles. The highest BCUT2D eigenvalue weighted by Crippen LogP contribution is 2.49. The zero-order valence-corrected chi connectivity index (χ0v) is 21.2. The number of amides is 1. The van der Waals surface area contributed by atoms with Gasteiger partial charge in [0, 0.05) is 60.0 Å². The van der Waals surface area contributed by atoms with Crippen molar-refractivity contribution in [3.63, 3.8) is 0 Å². The Kier molecular flexibility index (Phi) is 7.21. The standard InChI is InChI=1S/C27H36N4O2S/c1-19(4-8-25-29-15-22(34-2)16-30-25)3-6-21-7-5-20(14-28-21)23-13-24(23)26(32)31-11-9-27(10-12-31)17-33-18-27/h5,7,14-16,19,23-24H,3-4,6,8-13,17-18H2,1-2H3/t19-,23-,24+/m1/s1. The molecular weight excluding hydrogens is 444 g/mol. The highest BCUT2D eigenvalue weighted by Gasteiger charge is 2.48. The summed E-state index contributed by atoms with van der Waals surface area (Å²) in [6, 6.07) is 4.36. The average Bonchev–Trinajstić information content (AvgIpc) is 3.66. The summed E-state index contributed by atoms with van der Waals surface area (Å²) < 4.78 is 5.41. The summed E-state index contributed by atoms with van der Waals surface area (Å²) in [6.07, 6.45) is 15.2. The summed E-state index contributed by atoms with van der Waals surface area (Å²) in [5.41, 5.74) is 2.75. The number of piperidine rings is 1. The SMILES string of the molecule is CSc1cnc(CC[C@H](C)CCc2ccc([C@H]3C[C@@H]3C(=O)N3CCC4(CC3)COC4)cn2)nc1. The second kappa shape index (κ2) is 10.3. The van der Waals surface area contributed by atoms with Gasteiger partial charge in [0.1, 0.15) is 5.82 Å². The molecule has 182 valence electrons. The first kappa shape index (κ1) is 23.7. The molecule has 0 radical (unpaired) electrons. The van der Waals surface area contributed by atoms with Crippen molar-refractivity contribution in [1.29, 1.82) is 0 Å². The van der Waals surface area contributed by atoms with E-state index in [1.54, 1.807) is 11.8 Å². The maximum Gasteiger partial charge on any atom is 0.226 e. The zero-order chi connectivity index (χ0) is 23.5. The minimum Gasteiger partial charge on any atom is -0.380 e. The molecule has 3 fully saturated rings. The normalized spacial score (nSPS) is 24.0. The molecule has 7 heteroatoms. The minimum atomic E-state index is 0.159. The van der Waals surface area contributed by atoms with Crippen molar-refractivity contribution >= 4 is 17.7 Å². The lowest BCUT2D eigenvalue weighted by Gasteiger charge is -2.47. The van der Waals surface area contributed by atoms with E-state index < -0.39 is 0 Å². The number of aryl methyl sites for hydroxylation is 2. The Morgan fingerprint density at radius 3 is 2.47 bits per heavy atom. The maximum atomic E-state index is 13.0. The number of pyridine rings is 1. The van der Waals surface area contributed by atoms with Gasteiger partial charge in [-0.2, -0.15) is 0 Å². The number of thioether (sulfide) groups is 1. The van der Waals surface area contributed by atoms with Crippen LogP contribution in [0.25, 0.3) is 0 Å². The lowest BCUT2D eigenvalue weighted by atomic mass is 9.77. The Morgan fingerprint density at radius 2 is 1.85 bits per heavy atom. The number of carbonyl (C=O) groups is 1. The summed E-state index contributed by atoms with van der Waals surface area (Å²) >= 11 is 1.67. The van der Waals surface area contributed by atoms with Crippen LogP contribution in [0.15, 0.2) is 35.6 Å². The van der Waals surface area contributed by atoms with Crippen molar-refractivity contribution in [2.24, 2.45) is 17.3 Å². The summed E-state index contributed by atoms with van der Waals surface area (Å²) in [6.45, 7) is 5.87. The first-order valence-electron chi connectivity index (χ1n) is 12.7. The highest BCUT2D eigenvalue weighted by atomic mass is 32.2. The number of hydrogen-bond donors (Lipinski definition) is 0. The van der Waals surface area contributed by atoms with E-state index >= 15 is 0 Å². The second-order valence-electron chi connectivity index (χ2n) is 10.6. The quantitative estimate of drug-likeness (QED) is 0.491. The molecule has 6 nitrogen and oxygen atoms in total. The van der Waals surface area contributed by atoms with E-state index in [9.17, 15) is 4.79 Å². The van der Waals surface area contributed by atoms with Gasteiger partial charge in [0.2, 0.25) is 5.91 Å². The third kappa shape index (κ3) is 5.46. The van der Waals surface area contributed by atoms with Gasteiger partial charge in [0.05, 0.1) is 13.2 Å². The van der Waals surface area contributed by atoms with Crippen molar-refractivity contribution in [3.05, 3.63) is 47.8 Å². The van der Waals surface area contributed by atoms with Crippen LogP contribution in [0, 0.1) is 17.3 Å². The fourth-order valence-electron chi connectivity index (χ4n) is 5.25. The number of carbonyl (C=O) groups excluding carboxylic acids is 1. The summed E-state index contributed by atoms with van der Waals surface area (Å²) in [5.74, 6) is 2.40. The van der Waals surface area contributed by atoms with Crippen molar-refractivity contribution in [3.8, 4) is 0 Å². The number of ether oxygens (including phenoxy) is 1. The van der Waals surface area contributed by atoms with Gasteiger partial charge >= 0.3 is 0 Å². The Balaban J connectivity index is 1.04. The van der Waals surface area contributed by atoms with Gasteiger partial charge in [-0.05, 0) is 68.2 Å². The number of aromatic nitrogens is 3. The molecule has 4 heterocycles. The van der Waals surface area contributed by atoms with Gasteiger partial charge in [-0.25, -0.2) is 9.97 Å². The summed E-state index contributed by atoms with van der Waals surface area (Å²) in [7, 11) is 0. The fourth-order valence-corrected chi connectivity index (χ4v) is 5.56. The zero-order valence-electron chi connectivity index (χ0n) is 20.4. The molecule has 34 heavy (non-hydrogen) atoms. The summed E-state index contributed by atoms with van der Waals surface area (Å²) in [4.78, 5) is 29.8. The number of likely N-dealkylation sites (tertiary alicyclic amines) is 1. The third-order valence-electron chi connectivity index (χ3n) is 8.01. The lowest BCUT2D eigenvalue weighted by molar-refractivity contribution is -0.153. The molecule has 0 bridgehead atoms. The van der Waals surface area contributed by atoms with Crippen LogP contribution in [0.2, 0.25) is 0 Å². The molecule has 1 spiro atoms. The van der Waals surface area contributed by atoms with Crippen LogP contribution >= 0.6 is 11.8 Å². The third-order valence-corrected chi connectivity index (χ3v) is 8.69. The average molecular weight is 481 g/mol. The van der Waals surface area contributed by atoms with Gasteiger partial charge in [-0.1, -0.05) is 13.0 Å². The topological polar surface area (TPSA) is 68.2 Å². The minimum absolute atomic E-state index is 0.159. The predicted octanol–water partition coefficient (Wildman–Crippen LogP) is 4.54. The van der Waals surface area contributed by atoms with Crippen molar-refractivity contribution < 1.29 is 9.53 Å². The Hall–Kier alpha value is -1.99. The smallest absolute Gasteiger partial charge is 0.226 e. The van der Waals surface area contributed by atoms with Gasteiger partial charge in [-0.3, -0.25) is 9.78 Å². The molecule has 0 N–H and O–H groups in total. The molecular formula is C27H36N4O2S.